The Bertz CT molecular complexity index is 924. The zero-order valence-electron chi connectivity index (χ0n) is 19.0. The molecule has 170 valence electrons. The zero-order chi connectivity index (χ0) is 22.3. The SMILES string of the molecule is COc1ccc(CCCCCN2CCN(c3ccccc3)CC2)cc1S(=O)(=O)N(C)C. The molecule has 0 spiro atoms. The molecule has 0 aliphatic carbocycles. The van der Waals surface area contributed by atoms with Gasteiger partial charge in [0.05, 0.1) is 7.11 Å². The lowest BCUT2D eigenvalue weighted by molar-refractivity contribution is 0.252. The molecule has 0 unspecified atom stereocenters. The van der Waals surface area contributed by atoms with Crippen molar-refractivity contribution in [3.8, 4) is 5.75 Å². The molecule has 0 aromatic heterocycles. The number of piperazine rings is 1. The van der Waals surface area contributed by atoms with Crippen molar-refractivity contribution in [3.05, 3.63) is 54.1 Å². The van der Waals surface area contributed by atoms with Crippen LogP contribution in [0.1, 0.15) is 24.8 Å². The molecule has 7 heteroatoms. The highest BCUT2D eigenvalue weighted by Crippen LogP contribution is 2.27. The first kappa shape index (κ1) is 23.6. The Kier molecular flexibility index (Phi) is 8.35. The van der Waals surface area contributed by atoms with E-state index in [1.54, 1.807) is 26.2 Å². The number of sulfonamides is 1. The van der Waals surface area contributed by atoms with Crippen LogP contribution in [0, 0.1) is 0 Å². The van der Waals surface area contributed by atoms with Gasteiger partial charge in [0.25, 0.3) is 0 Å². The maximum absolute atomic E-state index is 12.6. The summed E-state index contributed by atoms with van der Waals surface area (Å²) < 4.78 is 31.6. The van der Waals surface area contributed by atoms with Crippen LogP contribution in [0.2, 0.25) is 0 Å². The number of methoxy groups -OCH3 is 1. The van der Waals surface area contributed by atoms with Crippen LogP contribution in [-0.4, -0.2) is 71.6 Å². The normalized spacial score (nSPS) is 15.4. The number of anilines is 1. The standard InChI is InChI=1S/C24H35N3O3S/c1-25(2)31(28,29)24-20-21(13-14-23(24)30-3)10-6-5-9-15-26-16-18-27(19-17-26)22-11-7-4-8-12-22/h4,7-8,11-14,20H,5-6,9-10,15-19H2,1-3H3. The van der Waals surface area contributed by atoms with E-state index in [9.17, 15) is 8.42 Å². The highest BCUT2D eigenvalue weighted by molar-refractivity contribution is 7.89. The largest absolute Gasteiger partial charge is 0.495 e. The van der Waals surface area contributed by atoms with Gasteiger partial charge in [0, 0.05) is 46.0 Å². The van der Waals surface area contributed by atoms with Gasteiger partial charge in [-0.1, -0.05) is 30.7 Å². The highest BCUT2D eigenvalue weighted by atomic mass is 32.2. The maximum Gasteiger partial charge on any atom is 0.246 e. The molecule has 0 saturated carbocycles. The maximum atomic E-state index is 12.6. The molecule has 0 bridgehead atoms. The van der Waals surface area contributed by atoms with Gasteiger partial charge in [-0.2, -0.15) is 0 Å². The van der Waals surface area contributed by atoms with Crippen molar-refractivity contribution in [3.63, 3.8) is 0 Å². The van der Waals surface area contributed by atoms with E-state index in [1.807, 2.05) is 6.07 Å². The summed E-state index contributed by atoms with van der Waals surface area (Å²) in [5, 5.41) is 0. The smallest absolute Gasteiger partial charge is 0.246 e. The summed E-state index contributed by atoms with van der Waals surface area (Å²) in [6.07, 6.45) is 4.24. The Labute approximate surface area is 187 Å². The molecule has 0 N–H and O–H groups in total. The monoisotopic (exact) mass is 445 g/mol. The van der Waals surface area contributed by atoms with Gasteiger partial charge in [-0.05, 0) is 55.6 Å². The molecule has 2 aromatic rings. The zero-order valence-corrected chi connectivity index (χ0v) is 19.8. The second kappa shape index (κ2) is 11.0. The van der Waals surface area contributed by atoms with Crippen LogP contribution in [0.4, 0.5) is 5.69 Å². The molecular weight excluding hydrogens is 410 g/mol. The number of unbranched alkanes of at least 4 members (excludes halogenated alkanes) is 2. The van der Waals surface area contributed by atoms with E-state index in [1.165, 1.54) is 23.5 Å². The third-order valence-electron chi connectivity index (χ3n) is 5.92. The lowest BCUT2D eigenvalue weighted by Crippen LogP contribution is -2.46. The molecule has 0 amide bonds. The van der Waals surface area contributed by atoms with Gasteiger partial charge in [-0.25, -0.2) is 12.7 Å². The van der Waals surface area contributed by atoms with E-state index in [2.05, 4.69) is 40.1 Å². The molecule has 2 aromatic carbocycles. The van der Waals surface area contributed by atoms with Crippen molar-refractivity contribution >= 4 is 15.7 Å². The minimum absolute atomic E-state index is 0.244. The summed E-state index contributed by atoms with van der Waals surface area (Å²) >= 11 is 0. The topological polar surface area (TPSA) is 53.1 Å². The van der Waals surface area contributed by atoms with Crippen LogP contribution in [0.3, 0.4) is 0 Å². The Morgan fingerprint density at radius 2 is 1.65 bits per heavy atom. The molecule has 31 heavy (non-hydrogen) atoms. The number of rotatable bonds is 10. The Morgan fingerprint density at radius 3 is 2.29 bits per heavy atom. The molecule has 1 heterocycles. The minimum Gasteiger partial charge on any atom is -0.495 e. The van der Waals surface area contributed by atoms with E-state index < -0.39 is 10.0 Å². The van der Waals surface area contributed by atoms with Gasteiger partial charge in [-0.3, -0.25) is 4.90 Å². The Balaban J connectivity index is 1.41. The molecule has 6 nitrogen and oxygen atoms in total. The van der Waals surface area contributed by atoms with Crippen LogP contribution in [-0.2, 0) is 16.4 Å². The van der Waals surface area contributed by atoms with Crippen LogP contribution in [0.5, 0.6) is 5.75 Å². The van der Waals surface area contributed by atoms with E-state index in [0.29, 0.717) is 5.75 Å². The molecular formula is C24H35N3O3S. The van der Waals surface area contributed by atoms with Gasteiger partial charge < -0.3 is 9.64 Å². The summed E-state index contributed by atoms with van der Waals surface area (Å²) in [7, 11) is 1.07. The van der Waals surface area contributed by atoms with Gasteiger partial charge in [0.15, 0.2) is 0 Å². The molecule has 0 atom stereocenters. The summed E-state index contributed by atoms with van der Waals surface area (Å²) in [6.45, 7) is 5.52. The van der Waals surface area contributed by atoms with E-state index >= 15 is 0 Å². The lowest BCUT2D eigenvalue weighted by atomic mass is 10.1. The predicted octanol–water partition coefficient (Wildman–Crippen LogP) is 3.48. The third-order valence-corrected chi connectivity index (χ3v) is 7.76. The number of para-hydroxylation sites is 1. The average molecular weight is 446 g/mol. The lowest BCUT2D eigenvalue weighted by Gasteiger charge is -2.36. The Morgan fingerprint density at radius 1 is 0.935 bits per heavy atom. The summed E-state index contributed by atoms with van der Waals surface area (Å²) in [5.41, 5.74) is 2.36. The van der Waals surface area contributed by atoms with E-state index in [0.717, 1.165) is 57.5 Å². The first-order valence-corrected chi connectivity index (χ1v) is 12.5. The number of benzene rings is 2. The number of hydrogen-bond acceptors (Lipinski definition) is 5. The second-order valence-corrected chi connectivity index (χ2v) is 10.4. The fourth-order valence-corrected chi connectivity index (χ4v) is 5.08. The van der Waals surface area contributed by atoms with Crippen molar-refractivity contribution in [2.75, 3.05) is 58.8 Å². The van der Waals surface area contributed by atoms with Crippen molar-refractivity contribution in [1.29, 1.82) is 0 Å². The summed E-state index contributed by atoms with van der Waals surface area (Å²) in [6, 6.07) is 16.1. The minimum atomic E-state index is -3.52. The highest BCUT2D eigenvalue weighted by Gasteiger charge is 2.22. The van der Waals surface area contributed by atoms with Gasteiger partial charge in [0.2, 0.25) is 10.0 Å². The van der Waals surface area contributed by atoms with Gasteiger partial charge in [0.1, 0.15) is 10.6 Å². The van der Waals surface area contributed by atoms with Crippen LogP contribution < -0.4 is 9.64 Å². The van der Waals surface area contributed by atoms with Gasteiger partial charge in [-0.15, -0.1) is 0 Å². The van der Waals surface area contributed by atoms with Crippen molar-refractivity contribution in [2.45, 2.75) is 30.6 Å². The fraction of sp³-hybridized carbons (Fsp3) is 0.500. The molecule has 0 radical (unpaired) electrons. The van der Waals surface area contributed by atoms with Crippen LogP contribution >= 0.6 is 0 Å². The van der Waals surface area contributed by atoms with E-state index in [4.69, 9.17) is 4.74 Å². The molecule has 3 rings (SSSR count). The summed E-state index contributed by atoms with van der Waals surface area (Å²) in [5.74, 6) is 0.395. The molecule has 1 aliphatic rings. The van der Waals surface area contributed by atoms with Crippen molar-refractivity contribution in [1.82, 2.24) is 9.21 Å². The summed E-state index contributed by atoms with van der Waals surface area (Å²) in [4.78, 5) is 5.25. The predicted molar refractivity (Wildman–Crippen MR) is 127 cm³/mol. The van der Waals surface area contributed by atoms with Gasteiger partial charge >= 0.3 is 0 Å². The molecule has 1 saturated heterocycles. The average Bonchev–Trinajstić information content (AvgIpc) is 2.79. The van der Waals surface area contributed by atoms with Crippen LogP contribution in [0.25, 0.3) is 0 Å². The first-order chi connectivity index (χ1) is 14.9. The Hall–Kier alpha value is -2.09. The molecule has 1 aliphatic heterocycles. The van der Waals surface area contributed by atoms with Crippen LogP contribution in [0.15, 0.2) is 53.4 Å². The number of aryl methyl sites for hydroxylation is 1. The number of ether oxygens (including phenoxy) is 1. The molecule has 1 fully saturated rings. The number of hydrogen-bond donors (Lipinski definition) is 0. The van der Waals surface area contributed by atoms with Crippen molar-refractivity contribution < 1.29 is 13.2 Å². The third kappa shape index (κ3) is 6.21. The second-order valence-electron chi connectivity index (χ2n) is 8.25. The number of nitrogens with zero attached hydrogens (tertiary/aromatic N) is 3. The van der Waals surface area contributed by atoms with E-state index in [-0.39, 0.29) is 4.90 Å². The first-order valence-electron chi connectivity index (χ1n) is 11.0. The van der Waals surface area contributed by atoms with Crippen molar-refractivity contribution in [2.24, 2.45) is 0 Å². The quantitative estimate of drug-likeness (QED) is 0.524. The fourth-order valence-electron chi connectivity index (χ4n) is 3.98.